The van der Waals surface area contributed by atoms with E-state index in [9.17, 15) is 9.59 Å². The third-order valence-electron chi connectivity index (χ3n) is 2.51. The molecule has 104 valence electrons. The normalized spacial score (nSPS) is 10.1. The van der Waals surface area contributed by atoms with Crippen molar-refractivity contribution in [1.29, 1.82) is 0 Å². The monoisotopic (exact) mass is 273 g/mol. The van der Waals surface area contributed by atoms with Gasteiger partial charge in [-0.3, -0.25) is 9.59 Å². The van der Waals surface area contributed by atoms with Crippen molar-refractivity contribution in [2.45, 2.75) is 20.4 Å². The lowest BCUT2D eigenvalue weighted by atomic mass is 10.2. The van der Waals surface area contributed by atoms with Crippen LogP contribution in [0.1, 0.15) is 28.9 Å². The summed E-state index contributed by atoms with van der Waals surface area (Å²) in [7, 11) is 0. The van der Waals surface area contributed by atoms with E-state index >= 15 is 0 Å². The molecule has 0 saturated heterocycles. The molecule has 1 aromatic heterocycles. The van der Waals surface area contributed by atoms with Crippen molar-refractivity contribution in [2.75, 3.05) is 5.32 Å². The van der Waals surface area contributed by atoms with Gasteiger partial charge in [-0.1, -0.05) is 6.07 Å². The topological polar surface area (TPSA) is 84.2 Å². The van der Waals surface area contributed by atoms with Crippen molar-refractivity contribution in [3.63, 3.8) is 0 Å². The van der Waals surface area contributed by atoms with Crippen LogP contribution >= 0.6 is 0 Å². The molecule has 2 rings (SSSR count). The number of anilines is 1. The molecular weight excluding hydrogens is 258 g/mol. The average Bonchev–Trinajstić information content (AvgIpc) is 2.81. The van der Waals surface area contributed by atoms with E-state index in [2.05, 4.69) is 15.6 Å². The Kier molecular flexibility index (Phi) is 4.14. The molecule has 2 N–H and O–H groups in total. The van der Waals surface area contributed by atoms with E-state index < -0.39 is 0 Å². The predicted octanol–water partition coefficient (Wildman–Crippen LogP) is 1.87. The van der Waals surface area contributed by atoms with Crippen LogP contribution < -0.4 is 10.6 Å². The van der Waals surface area contributed by atoms with Crippen LogP contribution in [0.3, 0.4) is 0 Å². The molecule has 0 aliphatic rings. The van der Waals surface area contributed by atoms with Crippen LogP contribution in [0.2, 0.25) is 0 Å². The molecule has 6 nitrogen and oxygen atoms in total. The van der Waals surface area contributed by atoms with Gasteiger partial charge in [0.1, 0.15) is 5.76 Å². The van der Waals surface area contributed by atoms with Crippen LogP contribution in [0.5, 0.6) is 0 Å². The SMILES string of the molecule is CC(=O)Nc1cccc(C(=O)NCc2ncc(C)o2)c1. The maximum Gasteiger partial charge on any atom is 0.251 e. The highest BCUT2D eigenvalue weighted by atomic mass is 16.4. The van der Waals surface area contributed by atoms with Crippen LogP contribution in [0.25, 0.3) is 0 Å². The van der Waals surface area contributed by atoms with Crippen LogP contribution in [0.15, 0.2) is 34.9 Å². The van der Waals surface area contributed by atoms with Gasteiger partial charge >= 0.3 is 0 Å². The van der Waals surface area contributed by atoms with Gasteiger partial charge in [-0.2, -0.15) is 0 Å². The summed E-state index contributed by atoms with van der Waals surface area (Å²) in [4.78, 5) is 26.9. The number of amides is 2. The first kappa shape index (κ1) is 13.8. The lowest BCUT2D eigenvalue weighted by Crippen LogP contribution is -2.23. The number of rotatable bonds is 4. The number of hydrogen-bond acceptors (Lipinski definition) is 4. The molecule has 0 radical (unpaired) electrons. The van der Waals surface area contributed by atoms with Crippen molar-refractivity contribution in [2.24, 2.45) is 0 Å². The molecule has 1 aromatic carbocycles. The van der Waals surface area contributed by atoms with Gasteiger partial charge in [0.2, 0.25) is 11.8 Å². The molecule has 2 amide bonds. The highest BCUT2D eigenvalue weighted by Crippen LogP contribution is 2.11. The Bertz CT molecular complexity index is 634. The minimum atomic E-state index is -0.256. The van der Waals surface area contributed by atoms with E-state index in [0.717, 1.165) is 0 Å². The summed E-state index contributed by atoms with van der Waals surface area (Å²) < 4.78 is 5.26. The maximum absolute atomic E-state index is 12.0. The second-order valence-corrected chi connectivity index (χ2v) is 4.31. The maximum atomic E-state index is 12.0. The van der Waals surface area contributed by atoms with E-state index in [-0.39, 0.29) is 18.4 Å². The highest BCUT2D eigenvalue weighted by molar-refractivity contribution is 5.96. The zero-order valence-electron chi connectivity index (χ0n) is 11.3. The zero-order chi connectivity index (χ0) is 14.5. The summed E-state index contributed by atoms with van der Waals surface area (Å²) in [6, 6.07) is 6.70. The van der Waals surface area contributed by atoms with Gasteiger partial charge in [0.25, 0.3) is 5.91 Å². The molecule has 0 aliphatic heterocycles. The summed E-state index contributed by atoms with van der Waals surface area (Å²) >= 11 is 0. The van der Waals surface area contributed by atoms with Crippen LogP contribution in [-0.4, -0.2) is 16.8 Å². The summed E-state index contributed by atoms with van der Waals surface area (Å²) in [6.45, 7) is 3.42. The summed E-state index contributed by atoms with van der Waals surface area (Å²) in [5, 5.41) is 5.33. The van der Waals surface area contributed by atoms with Crippen molar-refractivity contribution < 1.29 is 14.0 Å². The van der Waals surface area contributed by atoms with E-state index in [4.69, 9.17) is 4.42 Å². The van der Waals surface area contributed by atoms with Gasteiger partial charge in [-0.05, 0) is 25.1 Å². The number of carbonyl (C=O) groups excluding carboxylic acids is 2. The molecule has 20 heavy (non-hydrogen) atoms. The molecular formula is C14H15N3O3. The van der Waals surface area contributed by atoms with Crippen molar-refractivity contribution in [3.05, 3.63) is 47.7 Å². The molecule has 0 atom stereocenters. The first-order valence-electron chi connectivity index (χ1n) is 6.12. The number of nitrogens with zero attached hydrogens (tertiary/aromatic N) is 1. The molecule has 0 fully saturated rings. The largest absolute Gasteiger partial charge is 0.444 e. The van der Waals surface area contributed by atoms with Crippen molar-refractivity contribution >= 4 is 17.5 Å². The fourth-order valence-electron chi connectivity index (χ4n) is 1.68. The number of oxazole rings is 1. The van der Waals surface area contributed by atoms with Gasteiger partial charge in [0.15, 0.2) is 0 Å². The minimum Gasteiger partial charge on any atom is -0.444 e. The molecule has 0 unspecified atom stereocenters. The summed E-state index contributed by atoms with van der Waals surface area (Å²) in [5.41, 5.74) is 1.04. The van der Waals surface area contributed by atoms with Gasteiger partial charge < -0.3 is 15.1 Å². The van der Waals surface area contributed by atoms with E-state index in [1.807, 2.05) is 0 Å². The lowest BCUT2D eigenvalue weighted by Gasteiger charge is -2.06. The minimum absolute atomic E-state index is 0.183. The Balaban J connectivity index is 1.99. The fourth-order valence-corrected chi connectivity index (χ4v) is 1.68. The molecule has 0 saturated carbocycles. The Labute approximate surface area is 116 Å². The third-order valence-corrected chi connectivity index (χ3v) is 2.51. The molecule has 0 aliphatic carbocycles. The quantitative estimate of drug-likeness (QED) is 0.890. The predicted molar refractivity (Wildman–Crippen MR) is 73.2 cm³/mol. The Morgan fingerprint density at radius 3 is 2.80 bits per heavy atom. The van der Waals surface area contributed by atoms with Crippen molar-refractivity contribution in [1.82, 2.24) is 10.3 Å². The fraction of sp³-hybridized carbons (Fsp3) is 0.214. The number of carbonyl (C=O) groups is 2. The first-order chi connectivity index (χ1) is 9.54. The average molecular weight is 273 g/mol. The van der Waals surface area contributed by atoms with Crippen LogP contribution in [0, 0.1) is 6.92 Å². The summed E-state index contributed by atoms with van der Waals surface area (Å²) in [5.74, 6) is 0.710. The third kappa shape index (κ3) is 3.68. The summed E-state index contributed by atoms with van der Waals surface area (Å²) in [6.07, 6.45) is 1.60. The van der Waals surface area contributed by atoms with Crippen molar-refractivity contribution in [3.8, 4) is 0 Å². The number of aryl methyl sites for hydroxylation is 1. The standard InChI is InChI=1S/C14H15N3O3/c1-9-7-15-13(20-9)8-16-14(19)11-4-3-5-12(6-11)17-10(2)18/h3-7H,8H2,1-2H3,(H,16,19)(H,17,18). The molecule has 6 heteroatoms. The molecule has 0 bridgehead atoms. The zero-order valence-corrected chi connectivity index (χ0v) is 11.3. The van der Waals surface area contributed by atoms with Gasteiger partial charge in [-0.15, -0.1) is 0 Å². The van der Waals surface area contributed by atoms with Crippen LogP contribution in [0.4, 0.5) is 5.69 Å². The molecule has 0 spiro atoms. The smallest absolute Gasteiger partial charge is 0.251 e. The van der Waals surface area contributed by atoms with E-state index in [0.29, 0.717) is 22.9 Å². The Hall–Kier alpha value is -2.63. The number of nitrogens with one attached hydrogen (secondary N) is 2. The number of aromatic nitrogens is 1. The second kappa shape index (κ2) is 6.01. The molecule has 2 aromatic rings. The highest BCUT2D eigenvalue weighted by Gasteiger charge is 2.08. The number of benzene rings is 1. The van der Waals surface area contributed by atoms with Gasteiger partial charge in [0, 0.05) is 18.2 Å². The van der Waals surface area contributed by atoms with E-state index in [1.165, 1.54) is 6.92 Å². The van der Waals surface area contributed by atoms with Gasteiger partial charge in [0.05, 0.1) is 12.7 Å². The Morgan fingerprint density at radius 2 is 2.15 bits per heavy atom. The van der Waals surface area contributed by atoms with Crippen LogP contribution in [-0.2, 0) is 11.3 Å². The van der Waals surface area contributed by atoms with E-state index in [1.54, 1.807) is 37.4 Å². The lowest BCUT2D eigenvalue weighted by molar-refractivity contribution is -0.114. The first-order valence-corrected chi connectivity index (χ1v) is 6.12. The second-order valence-electron chi connectivity index (χ2n) is 4.31. The number of hydrogen-bond donors (Lipinski definition) is 2. The van der Waals surface area contributed by atoms with Gasteiger partial charge in [-0.25, -0.2) is 4.98 Å². The molecule has 1 heterocycles. The Morgan fingerprint density at radius 1 is 1.35 bits per heavy atom.